The number of ether oxygens (including phenoxy) is 1. The third-order valence-electron chi connectivity index (χ3n) is 4.41. The third kappa shape index (κ3) is 5.87. The zero-order valence-electron chi connectivity index (χ0n) is 17.3. The van der Waals surface area contributed by atoms with Crippen LogP contribution in [0.15, 0.2) is 6.33 Å². The number of halogens is 1. The third-order valence-corrected chi connectivity index (χ3v) is 8.22. The van der Waals surface area contributed by atoms with Crippen LogP contribution in [0.3, 0.4) is 0 Å². The molecule has 0 radical (unpaired) electrons. The molecule has 0 bridgehead atoms. The minimum Gasteiger partial charge on any atom is -0.386 e. The van der Waals surface area contributed by atoms with Crippen molar-refractivity contribution >= 4 is 46.4 Å². The number of rotatable bonds is 9. The highest BCUT2D eigenvalue weighted by Gasteiger charge is 2.58. The van der Waals surface area contributed by atoms with Crippen LogP contribution in [-0.2, 0) is 31.6 Å². The molecule has 0 aromatic carbocycles. The molecule has 0 amide bonds. The molecule has 1 fully saturated rings. The van der Waals surface area contributed by atoms with Gasteiger partial charge in [0.25, 0.3) is 0 Å². The summed E-state index contributed by atoms with van der Waals surface area (Å²) in [5.74, 6) is 1.69. The number of nitrogens with one attached hydrogen (secondary N) is 1. The number of nitrogens with two attached hydrogens (primary N) is 1. The van der Waals surface area contributed by atoms with Gasteiger partial charge in [0.15, 0.2) is 23.2 Å². The molecule has 2 aromatic rings. The van der Waals surface area contributed by atoms with Gasteiger partial charge in [-0.3, -0.25) is 9.09 Å². The van der Waals surface area contributed by atoms with Crippen LogP contribution in [0.1, 0.15) is 6.23 Å². The molecule has 8 N–H and O–H groups in total. The van der Waals surface area contributed by atoms with Crippen molar-refractivity contribution in [1.29, 1.82) is 0 Å². The number of aromatic nitrogens is 4. The molecule has 1 aliphatic rings. The summed E-state index contributed by atoms with van der Waals surface area (Å²) in [5.41, 5.74) is 2.75. The first-order chi connectivity index (χ1) is 16.0. The van der Waals surface area contributed by atoms with Gasteiger partial charge >= 0.3 is 23.5 Å². The average molecular weight is 562 g/mol. The molecule has 194 valence electrons. The second-order valence-electron chi connectivity index (χ2n) is 6.78. The molecule has 0 spiro atoms. The summed E-state index contributed by atoms with van der Waals surface area (Å²) in [6, 6.07) is 0. The maximum atomic E-state index is 15.6. The largest absolute Gasteiger partial charge is 0.490 e. The van der Waals surface area contributed by atoms with E-state index < -0.39 is 54.2 Å². The highest BCUT2D eigenvalue weighted by atomic mass is 31.3. The van der Waals surface area contributed by atoms with E-state index in [1.165, 1.54) is 7.05 Å². The van der Waals surface area contributed by atoms with Gasteiger partial charge in [-0.2, -0.15) is 18.6 Å². The molecule has 2 aromatic heterocycles. The van der Waals surface area contributed by atoms with Gasteiger partial charge in [-0.25, -0.2) is 23.1 Å². The number of alkyl halides is 1. The Kier molecular flexibility index (Phi) is 7.44. The number of nitrogen functional groups attached to an aromatic ring is 1. The molecule has 0 aliphatic carbocycles. The van der Waals surface area contributed by atoms with Gasteiger partial charge in [-0.1, -0.05) is 5.92 Å². The molecule has 1 saturated heterocycles. The number of fused-ring (bicyclic) bond motifs is 1. The Morgan fingerprint density at radius 3 is 2.51 bits per heavy atom. The molecular weight excluding hydrogens is 544 g/mol. The van der Waals surface area contributed by atoms with Crippen LogP contribution < -0.4 is 11.1 Å². The molecule has 18 nitrogen and oxygen atoms in total. The van der Waals surface area contributed by atoms with Crippen LogP contribution in [0.2, 0.25) is 0 Å². The highest BCUT2D eigenvalue weighted by molar-refractivity contribution is 7.66. The number of anilines is 2. The van der Waals surface area contributed by atoms with Crippen molar-refractivity contribution in [2.75, 3.05) is 24.7 Å². The second-order valence-corrected chi connectivity index (χ2v) is 11.2. The van der Waals surface area contributed by atoms with Crippen LogP contribution >= 0.6 is 23.5 Å². The van der Waals surface area contributed by atoms with Gasteiger partial charge in [0.2, 0.25) is 11.6 Å². The monoisotopic (exact) mass is 562 g/mol. The minimum atomic E-state index is -5.79. The molecule has 35 heavy (non-hydrogen) atoms. The first-order valence-corrected chi connectivity index (χ1v) is 13.5. The lowest BCUT2D eigenvalue weighted by atomic mass is 9.97. The average Bonchev–Trinajstić information content (AvgIpc) is 3.22. The molecular formula is C13H18FN6O12P3. The van der Waals surface area contributed by atoms with E-state index in [1.54, 1.807) is 5.92 Å². The lowest BCUT2D eigenvalue weighted by Gasteiger charge is -2.23. The summed E-state index contributed by atoms with van der Waals surface area (Å²) < 4.78 is 67.6. The Labute approximate surface area is 194 Å². The van der Waals surface area contributed by atoms with Crippen LogP contribution in [0.5, 0.6) is 0 Å². The number of aliphatic hydroxyl groups is 1. The maximum Gasteiger partial charge on any atom is 0.490 e. The van der Waals surface area contributed by atoms with Crippen LogP contribution in [-0.4, -0.2) is 75.7 Å². The minimum absolute atomic E-state index is 0.0511. The Morgan fingerprint density at radius 1 is 1.29 bits per heavy atom. The fourth-order valence-corrected chi connectivity index (χ4v) is 6.09. The molecule has 3 rings (SSSR count). The summed E-state index contributed by atoms with van der Waals surface area (Å²) in [6.07, 6.45) is 0.556. The molecule has 22 heteroatoms. The lowest BCUT2D eigenvalue weighted by molar-refractivity contribution is -0.0495. The summed E-state index contributed by atoms with van der Waals surface area (Å²) in [5, 5.41) is 13.1. The summed E-state index contributed by atoms with van der Waals surface area (Å²) in [6.45, 7) is -1.15. The number of hydrogen-bond donors (Lipinski definition) is 7. The van der Waals surface area contributed by atoms with Crippen LogP contribution in [0.4, 0.5) is 16.2 Å². The van der Waals surface area contributed by atoms with Crippen molar-refractivity contribution in [3.63, 3.8) is 0 Å². The summed E-state index contributed by atoms with van der Waals surface area (Å²) in [4.78, 5) is 47.7. The van der Waals surface area contributed by atoms with Crippen molar-refractivity contribution < 1.29 is 60.6 Å². The molecule has 2 unspecified atom stereocenters. The predicted molar refractivity (Wildman–Crippen MR) is 112 cm³/mol. The van der Waals surface area contributed by atoms with E-state index in [9.17, 15) is 28.6 Å². The number of imidazole rings is 1. The molecule has 3 heterocycles. The van der Waals surface area contributed by atoms with Gasteiger partial charge < -0.3 is 40.5 Å². The topological polar surface area (TPSA) is 271 Å². The zero-order chi connectivity index (χ0) is 26.4. The first kappa shape index (κ1) is 27.6. The van der Waals surface area contributed by atoms with Crippen molar-refractivity contribution in [3.8, 4) is 12.3 Å². The van der Waals surface area contributed by atoms with Crippen LogP contribution in [0.25, 0.3) is 11.2 Å². The molecule has 1 aliphatic heterocycles. The standard InChI is InChI=1S/C13H18FN6O12P3/c1-3-13(14)8(21)6(4-29-34(25,26)32-35(27,28)31-33(22,23)24)30-11(13)20-5-17-7-9(16-2)18-12(15)19-10(7)20/h1,5-6,8,11,21H,4H2,2H3,(H,25,26)(H,27,28)(H2,22,23,24)(H3,15,16,18,19)/t6-,8-,11-,13-/m1/s1. The quantitative estimate of drug-likeness (QED) is 0.148. The van der Waals surface area contributed by atoms with Gasteiger partial charge in [0.1, 0.15) is 12.2 Å². The Hall–Kier alpha value is -2.03. The second kappa shape index (κ2) is 9.45. The number of phosphoric acid groups is 3. The van der Waals surface area contributed by atoms with Crippen molar-refractivity contribution in [2.45, 2.75) is 24.1 Å². The maximum absolute atomic E-state index is 15.6. The number of phosphoric ester groups is 1. The zero-order valence-corrected chi connectivity index (χ0v) is 20.0. The van der Waals surface area contributed by atoms with E-state index in [0.717, 1.165) is 10.9 Å². The number of aliphatic hydroxyl groups excluding tert-OH is 1. The first-order valence-electron chi connectivity index (χ1n) is 8.98. The molecule has 6 atom stereocenters. The van der Waals surface area contributed by atoms with E-state index in [0.29, 0.717) is 0 Å². The molecule has 0 saturated carbocycles. The SMILES string of the molecule is C#C[C@@]1(F)[C@H](O)[C@@H](COP(=O)(O)OP(=O)(O)OP(=O)(O)O)O[C@H]1n1cnc2c(NC)nc(N)nc21. The van der Waals surface area contributed by atoms with E-state index in [2.05, 4.69) is 33.4 Å². The van der Waals surface area contributed by atoms with Gasteiger partial charge in [-0.05, 0) is 0 Å². The van der Waals surface area contributed by atoms with Gasteiger partial charge in [0, 0.05) is 7.05 Å². The summed E-state index contributed by atoms with van der Waals surface area (Å²) in [7, 11) is -15.5. The Balaban J connectivity index is 1.84. The van der Waals surface area contributed by atoms with Crippen LogP contribution in [0, 0.1) is 12.3 Å². The van der Waals surface area contributed by atoms with E-state index >= 15 is 4.39 Å². The number of nitrogens with zero attached hydrogens (tertiary/aromatic N) is 4. The Morgan fingerprint density at radius 2 is 1.94 bits per heavy atom. The normalized spacial score (nSPS) is 28.3. The predicted octanol–water partition coefficient (Wildman–Crippen LogP) is -0.607. The van der Waals surface area contributed by atoms with Crippen molar-refractivity contribution in [1.82, 2.24) is 19.5 Å². The lowest BCUT2D eigenvalue weighted by Crippen LogP contribution is -2.42. The number of terminal acetylenes is 1. The van der Waals surface area contributed by atoms with E-state index in [1.807, 2.05) is 0 Å². The van der Waals surface area contributed by atoms with E-state index in [-0.39, 0.29) is 22.9 Å². The van der Waals surface area contributed by atoms with E-state index in [4.69, 9.17) is 26.7 Å². The number of hydrogen-bond acceptors (Lipinski definition) is 13. The highest BCUT2D eigenvalue weighted by Crippen LogP contribution is 2.66. The fraction of sp³-hybridized carbons (Fsp3) is 0.462. The Bertz CT molecular complexity index is 1310. The van der Waals surface area contributed by atoms with Crippen molar-refractivity contribution in [2.24, 2.45) is 0 Å². The fourth-order valence-electron chi connectivity index (χ4n) is 3.06. The smallest absolute Gasteiger partial charge is 0.386 e. The van der Waals surface area contributed by atoms with Crippen molar-refractivity contribution in [3.05, 3.63) is 6.33 Å². The van der Waals surface area contributed by atoms with Gasteiger partial charge in [0.05, 0.1) is 12.9 Å². The summed E-state index contributed by atoms with van der Waals surface area (Å²) >= 11 is 0. The van der Waals surface area contributed by atoms with Gasteiger partial charge in [-0.15, -0.1) is 6.42 Å².